The number of aromatic amines is 1. The molecule has 0 radical (unpaired) electrons. The predicted octanol–water partition coefficient (Wildman–Crippen LogP) is 5.69. The Balaban J connectivity index is 2.03. The maximum Gasteiger partial charge on any atom is 0.150 e. The van der Waals surface area contributed by atoms with E-state index in [1.54, 1.807) is 0 Å². The van der Waals surface area contributed by atoms with E-state index in [0.29, 0.717) is 16.8 Å². The molecule has 0 unspecified atom stereocenters. The molecule has 4 rings (SSSR count). The molecule has 0 bridgehead atoms. The molecule has 3 heteroatoms. The zero-order valence-electron chi connectivity index (χ0n) is 12.4. The second-order valence-electron chi connectivity index (χ2n) is 6.22. The Morgan fingerprint density at radius 1 is 1.09 bits per heavy atom. The first kappa shape index (κ1) is 13.5. The fourth-order valence-corrected chi connectivity index (χ4v) is 3.39. The lowest BCUT2D eigenvalue weighted by Gasteiger charge is -2.26. The Hall–Kier alpha value is -2.16. The summed E-state index contributed by atoms with van der Waals surface area (Å²) in [4.78, 5) is 3.21. The zero-order chi connectivity index (χ0) is 15.3. The van der Waals surface area contributed by atoms with Crippen molar-refractivity contribution in [3.8, 4) is 11.3 Å². The molecule has 2 aromatic carbocycles. The van der Waals surface area contributed by atoms with Gasteiger partial charge in [0.25, 0.3) is 0 Å². The van der Waals surface area contributed by atoms with Crippen LogP contribution < -0.4 is 0 Å². The van der Waals surface area contributed by atoms with Gasteiger partial charge in [0.2, 0.25) is 0 Å². The number of halogens is 2. The molecule has 1 aromatic heterocycles. The number of rotatable bonds is 2. The molecule has 0 spiro atoms. The number of aromatic nitrogens is 1. The Bertz CT molecular complexity index is 859. The molecule has 1 N–H and O–H groups in total. The molecular weight excluding hydrogens is 280 g/mol. The Kier molecular flexibility index (Phi) is 3.03. The minimum atomic E-state index is -0.519. The van der Waals surface area contributed by atoms with Gasteiger partial charge in [0.15, 0.2) is 0 Å². The molecule has 112 valence electrons. The van der Waals surface area contributed by atoms with Crippen LogP contribution >= 0.6 is 0 Å². The maximum absolute atomic E-state index is 14.1. The summed E-state index contributed by atoms with van der Waals surface area (Å²) in [5.41, 5.74) is 4.62. The third kappa shape index (κ3) is 2.04. The largest absolute Gasteiger partial charge is 0.352 e. The Morgan fingerprint density at radius 3 is 2.59 bits per heavy atom. The van der Waals surface area contributed by atoms with Crippen LogP contribution in [0.3, 0.4) is 0 Å². The third-order valence-electron chi connectivity index (χ3n) is 4.68. The molecular formula is C19H17F2N. The second-order valence-corrected chi connectivity index (χ2v) is 6.22. The van der Waals surface area contributed by atoms with Gasteiger partial charge in [-0.1, -0.05) is 30.2 Å². The normalized spacial score (nSPS) is 15.2. The molecule has 1 heterocycles. The number of hydrogen-bond donors (Lipinski definition) is 1. The minimum absolute atomic E-state index is 0.394. The first-order valence-electron chi connectivity index (χ1n) is 7.71. The molecule has 1 aliphatic carbocycles. The highest BCUT2D eigenvalue weighted by Gasteiger charge is 2.27. The Morgan fingerprint density at radius 2 is 1.91 bits per heavy atom. The monoisotopic (exact) mass is 297 g/mol. The molecule has 0 saturated heterocycles. The first-order chi connectivity index (χ1) is 10.6. The highest BCUT2D eigenvalue weighted by Crippen LogP contribution is 2.45. The summed E-state index contributed by atoms with van der Waals surface area (Å²) in [7, 11) is 0. The van der Waals surface area contributed by atoms with Crippen molar-refractivity contribution >= 4 is 10.9 Å². The number of H-pyrrole nitrogens is 1. The van der Waals surface area contributed by atoms with Gasteiger partial charge in [-0.05, 0) is 48.9 Å². The van der Waals surface area contributed by atoms with Crippen molar-refractivity contribution in [3.63, 3.8) is 0 Å². The number of aryl methyl sites for hydroxylation is 1. The van der Waals surface area contributed by atoms with E-state index in [4.69, 9.17) is 0 Å². The van der Waals surface area contributed by atoms with Gasteiger partial charge < -0.3 is 4.98 Å². The second kappa shape index (κ2) is 4.94. The molecule has 1 fully saturated rings. The van der Waals surface area contributed by atoms with Crippen LogP contribution in [-0.2, 0) is 0 Å². The lowest BCUT2D eigenvalue weighted by atomic mass is 9.78. The fourth-order valence-electron chi connectivity index (χ4n) is 3.39. The molecule has 3 aromatic rings. The fraction of sp³-hybridized carbons (Fsp3) is 0.263. The van der Waals surface area contributed by atoms with Crippen molar-refractivity contribution in [2.45, 2.75) is 32.1 Å². The minimum Gasteiger partial charge on any atom is -0.352 e. The molecule has 0 aliphatic heterocycles. The van der Waals surface area contributed by atoms with E-state index >= 15 is 0 Å². The van der Waals surface area contributed by atoms with Gasteiger partial charge >= 0.3 is 0 Å². The van der Waals surface area contributed by atoms with Crippen molar-refractivity contribution in [3.05, 3.63) is 59.2 Å². The van der Waals surface area contributed by atoms with Gasteiger partial charge in [-0.15, -0.1) is 0 Å². The first-order valence-corrected chi connectivity index (χ1v) is 7.71. The predicted molar refractivity (Wildman–Crippen MR) is 85.0 cm³/mol. The van der Waals surface area contributed by atoms with Crippen molar-refractivity contribution in [2.75, 3.05) is 0 Å². The van der Waals surface area contributed by atoms with E-state index in [9.17, 15) is 8.78 Å². The summed E-state index contributed by atoms with van der Waals surface area (Å²) in [6.45, 7) is 2.04. The van der Waals surface area contributed by atoms with Gasteiger partial charge in [0, 0.05) is 11.5 Å². The maximum atomic E-state index is 14.1. The quantitative estimate of drug-likeness (QED) is 0.625. The average Bonchev–Trinajstić information content (AvgIpc) is 2.77. The number of benzene rings is 2. The van der Waals surface area contributed by atoms with Gasteiger partial charge in [-0.2, -0.15) is 0 Å². The third-order valence-corrected chi connectivity index (χ3v) is 4.68. The number of fused-ring (bicyclic) bond motifs is 1. The molecule has 1 aliphatic rings. The summed E-state index contributed by atoms with van der Waals surface area (Å²) in [5.74, 6) is -0.639. The van der Waals surface area contributed by atoms with E-state index in [0.717, 1.165) is 41.3 Å². The summed E-state index contributed by atoms with van der Waals surface area (Å²) in [6.07, 6.45) is 3.36. The standard InChI is InChI=1S/C19H17F2N/c1-11-4-2-7-13(8-11)18-17(12-5-3-6-12)15-9-14(20)10-16(21)19(15)22-18/h2,4,7-10,12,22H,3,5-6H2,1H3. The van der Waals surface area contributed by atoms with Crippen molar-refractivity contribution in [1.29, 1.82) is 0 Å². The van der Waals surface area contributed by atoms with Crippen LogP contribution in [0.1, 0.15) is 36.3 Å². The molecule has 1 saturated carbocycles. The van der Waals surface area contributed by atoms with Crippen LogP contribution in [0.4, 0.5) is 8.78 Å². The molecule has 0 amide bonds. The zero-order valence-corrected chi connectivity index (χ0v) is 12.4. The number of hydrogen-bond acceptors (Lipinski definition) is 0. The highest BCUT2D eigenvalue weighted by atomic mass is 19.1. The van der Waals surface area contributed by atoms with E-state index in [1.807, 2.05) is 25.1 Å². The van der Waals surface area contributed by atoms with Crippen LogP contribution in [-0.4, -0.2) is 4.98 Å². The highest BCUT2D eigenvalue weighted by molar-refractivity contribution is 5.92. The van der Waals surface area contributed by atoms with Crippen molar-refractivity contribution < 1.29 is 8.78 Å². The van der Waals surface area contributed by atoms with Crippen LogP contribution in [0.2, 0.25) is 0 Å². The summed E-state index contributed by atoms with van der Waals surface area (Å²) in [5, 5.41) is 0.693. The molecule has 1 nitrogen and oxygen atoms in total. The van der Waals surface area contributed by atoms with E-state index in [1.165, 1.54) is 12.5 Å². The van der Waals surface area contributed by atoms with Gasteiger partial charge in [0.05, 0.1) is 11.2 Å². The Labute approximate surface area is 128 Å². The van der Waals surface area contributed by atoms with Crippen molar-refractivity contribution in [2.24, 2.45) is 0 Å². The van der Waals surface area contributed by atoms with Crippen molar-refractivity contribution in [1.82, 2.24) is 4.98 Å². The van der Waals surface area contributed by atoms with Crippen LogP contribution in [0.15, 0.2) is 36.4 Å². The van der Waals surface area contributed by atoms with Gasteiger partial charge in [0.1, 0.15) is 11.6 Å². The lowest BCUT2D eigenvalue weighted by molar-refractivity contribution is 0.423. The van der Waals surface area contributed by atoms with Gasteiger partial charge in [-0.3, -0.25) is 0 Å². The summed E-state index contributed by atoms with van der Waals surface area (Å²) >= 11 is 0. The average molecular weight is 297 g/mol. The lowest BCUT2D eigenvalue weighted by Crippen LogP contribution is -2.09. The summed E-state index contributed by atoms with van der Waals surface area (Å²) in [6, 6.07) is 10.5. The molecule has 22 heavy (non-hydrogen) atoms. The topological polar surface area (TPSA) is 15.8 Å². The van der Waals surface area contributed by atoms with Gasteiger partial charge in [-0.25, -0.2) is 8.78 Å². The van der Waals surface area contributed by atoms with E-state index < -0.39 is 11.6 Å². The van der Waals surface area contributed by atoms with E-state index in [-0.39, 0.29) is 0 Å². The number of nitrogens with one attached hydrogen (secondary N) is 1. The molecule has 0 atom stereocenters. The SMILES string of the molecule is Cc1cccc(-c2[nH]c3c(F)cc(F)cc3c2C2CCC2)c1. The summed E-state index contributed by atoms with van der Waals surface area (Å²) < 4.78 is 27.8. The van der Waals surface area contributed by atoms with Crippen LogP contribution in [0.25, 0.3) is 22.2 Å². The van der Waals surface area contributed by atoms with Crippen LogP contribution in [0.5, 0.6) is 0 Å². The van der Waals surface area contributed by atoms with E-state index in [2.05, 4.69) is 11.1 Å². The smallest absolute Gasteiger partial charge is 0.150 e. The van der Waals surface area contributed by atoms with Crippen LogP contribution in [0, 0.1) is 18.6 Å².